The van der Waals surface area contributed by atoms with E-state index in [1.54, 1.807) is 12.1 Å². The van der Waals surface area contributed by atoms with Crippen molar-refractivity contribution in [3.63, 3.8) is 0 Å². The highest BCUT2D eigenvalue weighted by Gasteiger charge is 2.12. The first kappa shape index (κ1) is 14.3. The Hall–Kier alpha value is -2.60. The Morgan fingerprint density at radius 1 is 1.27 bits per heavy atom. The number of carbonyl (C=O) groups excluding carboxylic acids is 1. The summed E-state index contributed by atoms with van der Waals surface area (Å²) in [5.41, 5.74) is 0.231. The van der Waals surface area contributed by atoms with Gasteiger partial charge < -0.3 is 14.3 Å². The molecule has 0 saturated carbocycles. The molecule has 0 aliphatic carbocycles. The molecule has 2 heterocycles. The average molecular weight is 316 g/mol. The molecule has 0 spiro atoms. The van der Waals surface area contributed by atoms with Gasteiger partial charge in [-0.1, -0.05) is 0 Å². The fraction of sp³-hybridized carbons (Fsp3) is 0.125. The quantitative estimate of drug-likeness (QED) is 0.593. The Morgan fingerprint density at radius 3 is 2.82 bits per heavy atom. The van der Waals surface area contributed by atoms with E-state index in [9.17, 15) is 14.7 Å². The molecule has 1 N–H and O–H groups in total. The zero-order valence-corrected chi connectivity index (χ0v) is 12.5. The summed E-state index contributed by atoms with van der Waals surface area (Å²) in [6.45, 7) is 1.87. The molecule has 0 atom stereocenters. The van der Waals surface area contributed by atoms with Gasteiger partial charge in [-0.2, -0.15) is 0 Å². The average Bonchev–Trinajstić information content (AvgIpc) is 2.90. The van der Waals surface area contributed by atoms with Crippen molar-refractivity contribution in [2.45, 2.75) is 13.5 Å². The Balaban J connectivity index is 1.87. The van der Waals surface area contributed by atoms with E-state index in [0.29, 0.717) is 15.8 Å². The molecule has 0 bridgehead atoms. The van der Waals surface area contributed by atoms with Crippen LogP contribution >= 0.6 is 11.3 Å². The lowest BCUT2D eigenvalue weighted by Crippen LogP contribution is -2.06. The molecule has 112 valence electrons. The number of aromatic hydroxyl groups is 1. The van der Waals surface area contributed by atoms with Gasteiger partial charge in [0.05, 0.1) is 0 Å². The zero-order valence-electron chi connectivity index (χ0n) is 11.7. The fourth-order valence-corrected chi connectivity index (χ4v) is 2.86. The van der Waals surface area contributed by atoms with E-state index in [4.69, 9.17) is 9.15 Å². The summed E-state index contributed by atoms with van der Waals surface area (Å²) in [5, 5.41) is 10.1. The molecule has 3 rings (SSSR count). The number of hydrogen-bond donors (Lipinski definition) is 1. The first-order valence-electron chi connectivity index (χ1n) is 6.52. The van der Waals surface area contributed by atoms with Gasteiger partial charge in [0.15, 0.2) is 0 Å². The highest BCUT2D eigenvalue weighted by molar-refractivity contribution is 7.13. The van der Waals surface area contributed by atoms with E-state index in [1.807, 2.05) is 13.0 Å². The predicted octanol–water partition coefficient (Wildman–Crippen LogP) is 3.23. The van der Waals surface area contributed by atoms with Crippen LogP contribution in [0.4, 0.5) is 0 Å². The molecule has 22 heavy (non-hydrogen) atoms. The number of ether oxygens (including phenoxy) is 1. The minimum absolute atomic E-state index is 0.00106. The van der Waals surface area contributed by atoms with Crippen molar-refractivity contribution < 1.29 is 19.1 Å². The normalized spacial score (nSPS) is 10.8. The van der Waals surface area contributed by atoms with Crippen molar-refractivity contribution in [1.29, 1.82) is 0 Å². The molecule has 3 aromatic rings. The van der Waals surface area contributed by atoms with Crippen LogP contribution in [0.1, 0.15) is 20.1 Å². The second-order valence-electron chi connectivity index (χ2n) is 4.76. The maximum Gasteiger partial charge on any atom is 0.348 e. The number of fused-ring (bicyclic) bond motifs is 1. The summed E-state index contributed by atoms with van der Waals surface area (Å²) < 4.78 is 10.3. The molecule has 0 amide bonds. The minimum atomic E-state index is -0.559. The van der Waals surface area contributed by atoms with Crippen LogP contribution in [0.5, 0.6) is 5.75 Å². The number of esters is 1. The molecule has 0 radical (unpaired) electrons. The second kappa shape index (κ2) is 5.65. The number of benzene rings is 1. The molecule has 6 heteroatoms. The van der Waals surface area contributed by atoms with Crippen LogP contribution in [0.15, 0.2) is 45.6 Å². The monoisotopic (exact) mass is 316 g/mol. The number of thiophene rings is 1. The van der Waals surface area contributed by atoms with Crippen LogP contribution < -0.4 is 5.63 Å². The number of hydrogen-bond acceptors (Lipinski definition) is 6. The third-order valence-electron chi connectivity index (χ3n) is 3.11. The Morgan fingerprint density at radius 2 is 2.09 bits per heavy atom. The van der Waals surface area contributed by atoms with Crippen LogP contribution in [0.3, 0.4) is 0 Å². The third-order valence-corrected chi connectivity index (χ3v) is 4.09. The maximum atomic E-state index is 12.0. The van der Waals surface area contributed by atoms with Crippen molar-refractivity contribution in [3.05, 3.63) is 62.1 Å². The number of aryl methyl sites for hydroxylation is 1. The first-order valence-corrected chi connectivity index (χ1v) is 7.34. The molecule has 5 nitrogen and oxygen atoms in total. The molecule has 0 aliphatic rings. The summed E-state index contributed by atoms with van der Waals surface area (Å²) in [4.78, 5) is 25.0. The second-order valence-corrected chi connectivity index (χ2v) is 6.05. The van der Waals surface area contributed by atoms with Crippen LogP contribution in [0.25, 0.3) is 11.0 Å². The van der Waals surface area contributed by atoms with Gasteiger partial charge in [-0.05, 0) is 31.2 Å². The van der Waals surface area contributed by atoms with E-state index in [2.05, 4.69) is 0 Å². The van der Waals surface area contributed by atoms with Crippen molar-refractivity contribution >= 4 is 28.3 Å². The van der Waals surface area contributed by atoms with Gasteiger partial charge in [0.1, 0.15) is 22.8 Å². The van der Waals surface area contributed by atoms with E-state index in [0.717, 1.165) is 4.88 Å². The summed E-state index contributed by atoms with van der Waals surface area (Å²) in [6, 6.07) is 9.29. The van der Waals surface area contributed by atoms with Gasteiger partial charge in [-0.3, -0.25) is 0 Å². The first-order chi connectivity index (χ1) is 10.5. The molecular weight excluding hydrogens is 304 g/mol. The number of rotatable bonds is 3. The van der Waals surface area contributed by atoms with Gasteiger partial charge in [0, 0.05) is 28.0 Å². The van der Waals surface area contributed by atoms with Gasteiger partial charge in [0.25, 0.3) is 0 Å². The van der Waals surface area contributed by atoms with E-state index in [-0.39, 0.29) is 17.9 Å². The molecule has 0 fully saturated rings. The SMILES string of the molecule is Cc1ccc(C(=O)OCc2cc(=O)oc3cc(O)ccc23)s1. The van der Waals surface area contributed by atoms with Crippen molar-refractivity contribution in [3.8, 4) is 5.75 Å². The molecule has 0 unspecified atom stereocenters. The summed E-state index contributed by atoms with van der Waals surface area (Å²) in [7, 11) is 0. The predicted molar refractivity (Wildman–Crippen MR) is 82.3 cm³/mol. The van der Waals surface area contributed by atoms with Crippen LogP contribution in [-0.4, -0.2) is 11.1 Å². The lowest BCUT2D eigenvalue weighted by molar-refractivity contribution is 0.0479. The third kappa shape index (κ3) is 2.87. The molecule has 0 saturated heterocycles. The van der Waals surface area contributed by atoms with Crippen LogP contribution in [0.2, 0.25) is 0 Å². The Kier molecular flexibility index (Phi) is 3.68. The smallest absolute Gasteiger partial charge is 0.348 e. The van der Waals surface area contributed by atoms with Crippen LogP contribution in [0, 0.1) is 6.92 Å². The summed E-state index contributed by atoms with van der Waals surface area (Å²) in [6.07, 6.45) is 0. The molecule has 2 aromatic heterocycles. The van der Waals surface area contributed by atoms with E-state index < -0.39 is 11.6 Å². The Labute approximate surface area is 129 Å². The van der Waals surface area contributed by atoms with Crippen molar-refractivity contribution in [2.75, 3.05) is 0 Å². The lowest BCUT2D eigenvalue weighted by Gasteiger charge is -2.06. The number of phenols is 1. The zero-order chi connectivity index (χ0) is 15.7. The molecule has 1 aromatic carbocycles. The van der Waals surface area contributed by atoms with Crippen LogP contribution in [-0.2, 0) is 11.3 Å². The fourth-order valence-electron chi connectivity index (χ4n) is 2.10. The minimum Gasteiger partial charge on any atom is -0.508 e. The lowest BCUT2D eigenvalue weighted by atomic mass is 10.1. The largest absolute Gasteiger partial charge is 0.508 e. The van der Waals surface area contributed by atoms with E-state index >= 15 is 0 Å². The van der Waals surface area contributed by atoms with Gasteiger partial charge in [-0.15, -0.1) is 11.3 Å². The van der Waals surface area contributed by atoms with Gasteiger partial charge in [0.2, 0.25) is 0 Å². The molecule has 0 aliphatic heterocycles. The summed E-state index contributed by atoms with van der Waals surface area (Å²) >= 11 is 1.35. The van der Waals surface area contributed by atoms with E-state index in [1.165, 1.54) is 29.5 Å². The highest BCUT2D eigenvalue weighted by atomic mass is 32.1. The summed E-state index contributed by atoms with van der Waals surface area (Å²) in [5.74, 6) is -0.433. The molecular formula is C16H12O5S. The van der Waals surface area contributed by atoms with Crippen molar-refractivity contribution in [1.82, 2.24) is 0 Å². The topological polar surface area (TPSA) is 76.7 Å². The number of carbonyl (C=O) groups is 1. The van der Waals surface area contributed by atoms with Gasteiger partial charge >= 0.3 is 11.6 Å². The highest BCUT2D eigenvalue weighted by Crippen LogP contribution is 2.23. The standard InChI is InChI=1S/C16H12O5S/c1-9-2-5-14(22-9)16(19)20-8-10-6-15(18)21-13-7-11(17)3-4-12(10)13/h2-7,17H,8H2,1H3. The van der Waals surface area contributed by atoms with Crippen molar-refractivity contribution in [2.24, 2.45) is 0 Å². The Bertz CT molecular complexity index is 906. The van der Waals surface area contributed by atoms with Gasteiger partial charge in [-0.25, -0.2) is 9.59 Å². The number of phenolic OH excluding ortho intramolecular Hbond substituents is 1. The maximum absolute atomic E-state index is 12.0.